The van der Waals surface area contributed by atoms with Gasteiger partial charge in [-0.25, -0.2) is 0 Å². The highest BCUT2D eigenvalue weighted by molar-refractivity contribution is 5.84. The number of hydrogen-bond donors (Lipinski definition) is 1. The lowest BCUT2D eigenvalue weighted by Crippen LogP contribution is -2.30. The van der Waals surface area contributed by atoms with Crippen LogP contribution in [0.2, 0.25) is 0 Å². The molecule has 3 rings (SSSR count). The lowest BCUT2D eigenvalue weighted by Gasteiger charge is -2.27. The Morgan fingerprint density at radius 1 is 1.29 bits per heavy atom. The van der Waals surface area contributed by atoms with Gasteiger partial charge >= 0.3 is 0 Å². The Balaban J connectivity index is 2.13. The molecule has 2 aromatic rings. The highest BCUT2D eigenvalue weighted by Crippen LogP contribution is 2.32. The largest absolute Gasteiger partial charge is 0.388 e. The first-order valence-electron chi connectivity index (χ1n) is 6.22. The number of fused-ring (bicyclic) bond motifs is 1. The fraction of sp³-hybridized carbons (Fsp3) is 0.333. The van der Waals surface area contributed by atoms with E-state index >= 15 is 0 Å². The molecule has 0 saturated carbocycles. The summed E-state index contributed by atoms with van der Waals surface area (Å²) in [6.45, 7) is 2.26. The normalized spacial score (nSPS) is 23.9. The van der Waals surface area contributed by atoms with E-state index in [4.69, 9.17) is 0 Å². The maximum Gasteiger partial charge on any atom is 0.0480 e. The van der Waals surface area contributed by atoms with Crippen molar-refractivity contribution in [3.8, 4) is 0 Å². The minimum atomic E-state index is 0.505. The van der Waals surface area contributed by atoms with E-state index in [-0.39, 0.29) is 0 Å². The number of allylic oxidation sites excluding steroid dienone is 1. The molecule has 1 N–H and O–H groups in total. The number of rotatable bonds is 1. The van der Waals surface area contributed by atoms with Crippen molar-refractivity contribution < 1.29 is 0 Å². The van der Waals surface area contributed by atoms with Gasteiger partial charge in [-0.1, -0.05) is 18.2 Å². The molecular weight excluding hydrogens is 208 g/mol. The Kier molecular flexibility index (Phi) is 2.43. The third kappa shape index (κ3) is 1.64. The minimum absolute atomic E-state index is 0.505. The molecule has 0 bridgehead atoms. The summed E-state index contributed by atoms with van der Waals surface area (Å²) in [6, 6.07) is 9.36. The standard InChI is InChI=1S/C15H18N2/c1-11-12(6-4-9-16-11)13-5-3-7-15-14(13)8-10-17(15)2/h3-5,7-12,16H,6H2,1-2H3. The summed E-state index contributed by atoms with van der Waals surface area (Å²) in [5, 5.41) is 4.81. The Labute approximate surface area is 102 Å². The van der Waals surface area contributed by atoms with E-state index in [0.29, 0.717) is 12.0 Å². The molecule has 2 atom stereocenters. The van der Waals surface area contributed by atoms with Crippen molar-refractivity contribution in [2.24, 2.45) is 7.05 Å². The molecule has 0 fully saturated rings. The number of aryl methyl sites for hydroxylation is 1. The van der Waals surface area contributed by atoms with Gasteiger partial charge in [-0.15, -0.1) is 0 Å². The molecule has 2 unspecified atom stereocenters. The van der Waals surface area contributed by atoms with Gasteiger partial charge in [0.2, 0.25) is 0 Å². The Morgan fingerprint density at radius 2 is 2.18 bits per heavy atom. The van der Waals surface area contributed by atoms with Gasteiger partial charge in [-0.3, -0.25) is 0 Å². The summed E-state index contributed by atoms with van der Waals surface area (Å²) < 4.78 is 2.19. The molecule has 0 radical (unpaired) electrons. The molecule has 2 heterocycles. The van der Waals surface area contributed by atoms with Gasteiger partial charge in [0, 0.05) is 36.1 Å². The average molecular weight is 226 g/mol. The number of aromatic nitrogens is 1. The first-order chi connectivity index (χ1) is 8.27. The fourth-order valence-electron chi connectivity index (χ4n) is 2.80. The van der Waals surface area contributed by atoms with Crippen molar-refractivity contribution in [2.75, 3.05) is 0 Å². The molecule has 0 spiro atoms. The van der Waals surface area contributed by atoms with E-state index < -0.39 is 0 Å². The SMILES string of the molecule is CC1NC=CCC1c1cccc2c1ccn2C. The molecule has 0 aliphatic carbocycles. The quantitative estimate of drug-likeness (QED) is 0.790. The van der Waals surface area contributed by atoms with Crippen LogP contribution in [0.3, 0.4) is 0 Å². The second-order valence-corrected chi connectivity index (χ2v) is 4.91. The van der Waals surface area contributed by atoms with Crippen LogP contribution in [-0.4, -0.2) is 10.6 Å². The van der Waals surface area contributed by atoms with Crippen molar-refractivity contribution in [2.45, 2.75) is 25.3 Å². The van der Waals surface area contributed by atoms with Crippen LogP contribution in [0.4, 0.5) is 0 Å². The zero-order valence-electron chi connectivity index (χ0n) is 10.4. The smallest absolute Gasteiger partial charge is 0.0480 e. The summed E-state index contributed by atoms with van der Waals surface area (Å²) in [5.41, 5.74) is 2.79. The predicted octanol–water partition coefficient (Wildman–Crippen LogP) is 3.16. The molecule has 1 aliphatic rings. The van der Waals surface area contributed by atoms with Crippen LogP contribution in [0.15, 0.2) is 42.7 Å². The molecule has 1 aliphatic heterocycles. The van der Waals surface area contributed by atoms with E-state index in [1.807, 2.05) is 0 Å². The lowest BCUT2D eigenvalue weighted by molar-refractivity contribution is 0.495. The predicted molar refractivity (Wildman–Crippen MR) is 72.0 cm³/mol. The van der Waals surface area contributed by atoms with Gasteiger partial charge in [0.25, 0.3) is 0 Å². The monoisotopic (exact) mass is 226 g/mol. The van der Waals surface area contributed by atoms with Crippen molar-refractivity contribution in [1.29, 1.82) is 0 Å². The van der Waals surface area contributed by atoms with Crippen molar-refractivity contribution >= 4 is 10.9 Å². The molecule has 1 aromatic carbocycles. The molecule has 0 amide bonds. The summed E-state index contributed by atoms with van der Waals surface area (Å²) >= 11 is 0. The lowest BCUT2D eigenvalue weighted by atomic mass is 9.86. The summed E-state index contributed by atoms with van der Waals surface area (Å²) in [6.07, 6.45) is 7.58. The molecule has 2 nitrogen and oxygen atoms in total. The summed E-state index contributed by atoms with van der Waals surface area (Å²) in [4.78, 5) is 0. The van der Waals surface area contributed by atoms with Crippen LogP contribution >= 0.6 is 0 Å². The van der Waals surface area contributed by atoms with Crippen LogP contribution in [0.5, 0.6) is 0 Å². The van der Waals surface area contributed by atoms with Gasteiger partial charge in [-0.05, 0) is 37.2 Å². The van der Waals surface area contributed by atoms with Gasteiger partial charge in [0.15, 0.2) is 0 Å². The Bertz CT molecular complexity index is 565. The second-order valence-electron chi connectivity index (χ2n) is 4.91. The highest BCUT2D eigenvalue weighted by atomic mass is 14.9. The average Bonchev–Trinajstić information content (AvgIpc) is 2.72. The first-order valence-corrected chi connectivity index (χ1v) is 6.22. The maximum atomic E-state index is 3.41. The Morgan fingerprint density at radius 3 is 3.00 bits per heavy atom. The molecular formula is C15H18N2. The van der Waals surface area contributed by atoms with Crippen LogP contribution < -0.4 is 5.32 Å². The fourth-order valence-corrected chi connectivity index (χ4v) is 2.80. The topological polar surface area (TPSA) is 17.0 Å². The summed E-state index contributed by atoms with van der Waals surface area (Å²) in [7, 11) is 2.11. The first kappa shape index (κ1) is 10.5. The van der Waals surface area contributed by atoms with Gasteiger partial charge in [0.05, 0.1) is 0 Å². The maximum absolute atomic E-state index is 3.41. The third-order valence-corrected chi connectivity index (χ3v) is 3.83. The molecule has 17 heavy (non-hydrogen) atoms. The second kappa shape index (κ2) is 3.95. The highest BCUT2D eigenvalue weighted by Gasteiger charge is 2.21. The van der Waals surface area contributed by atoms with E-state index in [1.165, 1.54) is 16.5 Å². The van der Waals surface area contributed by atoms with E-state index in [2.05, 4.69) is 66.6 Å². The van der Waals surface area contributed by atoms with Crippen molar-refractivity contribution in [3.05, 3.63) is 48.3 Å². The molecule has 1 aromatic heterocycles. The number of benzene rings is 1. The zero-order chi connectivity index (χ0) is 11.8. The molecule has 2 heteroatoms. The van der Waals surface area contributed by atoms with Crippen LogP contribution in [0, 0.1) is 0 Å². The van der Waals surface area contributed by atoms with E-state index in [0.717, 1.165) is 6.42 Å². The number of nitrogens with zero attached hydrogens (tertiary/aromatic N) is 1. The summed E-state index contributed by atoms with van der Waals surface area (Å²) in [5.74, 6) is 0.575. The van der Waals surface area contributed by atoms with E-state index in [1.54, 1.807) is 0 Å². The number of hydrogen-bond acceptors (Lipinski definition) is 1. The van der Waals surface area contributed by atoms with Gasteiger partial charge in [-0.2, -0.15) is 0 Å². The minimum Gasteiger partial charge on any atom is -0.388 e. The van der Waals surface area contributed by atoms with Gasteiger partial charge < -0.3 is 9.88 Å². The van der Waals surface area contributed by atoms with Crippen LogP contribution in [0.1, 0.15) is 24.8 Å². The zero-order valence-corrected chi connectivity index (χ0v) is 10.4. The molecule has 88 valence electrons. The van der Waals surface area contributed by atoms with Crippen LogP contribution in [-0.2, 0) is 7.05 Å². The third-order valence-electron chi connectivity index (χ3n) is 3.83. The number of nitrogens with one attached hydrogen (secondary N) is 1. The molecule has 0 saturated heterocycles. The van der Waals surface area contributed by atoms with Crippen molar-refractivity contribution in [1.82, 2.24) is 9.88 Å². The van der Waals surface area contributed by atoms with Crippen LogP contribution in [0.25, 0.3) is 10.9 Å². The Hall–Kier alpha value is -1.70. The van der Waals surface area contributed by atoms with Gasteiger partial charge in [0.1, 0.15) is 0 Å². The van der Waals surface area contributed by atoms with E-state index in [9.17, 15) is 0 Å². The van der Waals surface area contributed by atoms with Crippen molar-refractivity contribution in [3.63, 3.8) is 0 Å².